The molecule has 2 saturated heterocycles. The van der Waals surface area contributed by atoms with E-state index in [1.807, 2.05) is 12.1 Å². The second-order valence-electron chi connectivity index (χ2n) is 9.29. The summed E-state index contributed by atoms with van der Waals surface area (Å²) in [7, 11) is 0. The summed E-state index contributed by atoms with van der Waals surface area (Å²) in [5, 5.41) is 2.64. The lowest BCUT2D eigenvalue weighted by Crippen LogP contribution is -2.60. The molecule has 2 fully saturated rings. The average Bonchev–Trinajstić information content (AvgIpc) is 3.17. The van der Waals surface area contributed by atoms with Crippen LogP contribution in [0, 0.1) is 0 Å². The zero-order chi connectivity index (χ0) is 23.2. The highest BCUT2D eigenvalue weighted by Crippen LogP contribution is 2.39. The van der Waals surface area contributed by atoms with Gasteiger partial charge in [0.15, 0.2) is 6.04 Å². The van der Waals surface area contributed by atoms with E-state index in [0.29, 0.717) is 5.56 Å². The van der Waals surface area contributed by atoms with E-state index in [1.165, 1.54) is 0 Å². The van der Waals surface area contributed by atoms with Crippen LogP contribution < -0.4 is 5.32 Å². The van der Waals surface area contributed by atoms with Crippen LogP contribution in [0.1, 0.15) is 52.7 Å². The molecule has 1 N–H and O–H groups in total. The van der Waals surface area contributed by atoms with Gasteiger partial charge in [-0.3, -0.25) is 4.79 Å². The second-order valence-corrected chi connectivity index (χ2v) is 9.66. The molecule has 0 saturated carbocycles. The van der Waals surface area contributed by atoms with Crippen molar-refractivity contribution in [3.05, 3.63) is 35.4 Å². The molecule has 2 atom stereocenters. The molecule has 1 aromatic rings. The molecule has 2 aliphatic rings. The molecule has 0 unspecified atom stereocenters. The molecule has 8 nitrogen and oxygen atoms in total. The number of carbonyl (C=O) groups excluding carboxylic acids is 3. The lowest BCUT2D eigenvalue weighted by molar-refractivity contribution is -0.167. The summed E-state index contributed by atoms with van der Waals surface area (Å²) >= 11 is 5.19. The lowest BCUT2D eigenvalue weighted by atomic mass is 9.81. The summed E-state index contributed by atoms with van der Waals surface area (Å²) < 4.78 is 16.2. The standard InChI is InChI=1S/C22H28N2O6S/c1-7-28-17(26)22(14-10-8-13(9-11-14)20(2,3)4)15(23-18(31)30-22)16(25)24-19(27)29-12-21(24,5)6/h8-11,15H,7,12H2,1-6H3,(H,23,31)/t15-,22-/m0/s1. The van der Waals surface area contributed by atoms with Crippen molar-refractivity contribution in [2.24, 2.45) is 0 Å². The van der Waals surface area contributed by atoms with Gasteiger partial charge < -0.3 is 19.5 Å². The Hall–Kier alpha value is -2.68. The fourth-order valence-electron chi connectivity index (χ4n) is 3.78. The van der Waals surface area contributed by atoms with Gasteiger partial charge in [-0.25, -0.2) is 14.5 Å². The van der Waals surface area contributed by atoms with Gasteiger partial charge >= 0.3 is 12.1 Å². The van der Waals surface area contributed by atoms with Gasteiger partial charge in [-0.1, -0.05) is 45.0 Å². The highest BCUT2D eigenvalue weighted by Gasteiger charge is 2.63. The molecule has 168 valence electrons. The SMILES string of the molecule is CCOC(=O)[C@@]1(c2ccc(C(C)(C)C)cc2)OC(=S)N[C@H]1C(=O)N1C(=O)OCC1(C)C. The second kappa shape index (κ2) is 7.78. The van der Waals surface area contributed by atoms with Gasteiger partial charge in [0, 0.05) is 5.56 Å². The minimum absolute atomic E-state index is 0.0439. The molecule has 0 spiro atoms. The number of hydrogen-bond acceptors (Lipinski definition) is 7. The topological polar surface area (TPSA) is 94.2 Å². The number of benzene rings is 1. The fourth-order valence-corrected chi connectivity index (χ4v) is 4.03. The molecule has 0 radical (unpaired) electrons. The number of rotatable bonds is 4. The Morgan fingerprint density at radius 1 is 1.26 bits per heavy atom. The Labute approximate surface area is 187 Å². The predicted molar refractivity (Wildman–Crippen MR) is 116 cm³/mol. The minimum atomic E-state index is -1.88. The summed E-state index contributed by atoms with van der Waals surface area (Å²) in [4.78, 5) is 40.1. The number of nitrogens with one attached hydrogen (secondary N) is 1. The summed E-state index contributed by atoms with van der Waals surface area (Å²) in [6, 6.07) is 5.89. The van der Waals surface area contributed by atoms with Crippen LogP contribution in [-0.4, -0.2) is 52.8 Å². The fraction of sp³-hybridized carbons (Fsp3) is 0.545. The molecule has 2 heterocycles. The van der Waals surface area contributed by atoms with Crippen molar-refractivity contribution in [2.45, 2.75) is 64.1 Å². The van der Waals surface area contributed by atoms with E-state index in [9.17, 15) is 14.4 Å². The highest BCUT2D eigenvalue weighted by molar-refractivity contribution is 7.80. The summed E-state index contributed by atoms with van der Waals surface area (Å²) in [5.74, 6) is -1.45. The zero-order valence-electron chi connectivity index (χ0n) is 18.6. The molecule has 1 aromatic carbocycles. The number of carbonyl (C=O) groups is 3. The van der Waals surface area contributed by atoms with E-state index >= 15 is 0 Å². The number of nitrogens with zero attached hydrogens (tertiary/aromatic N) is 1. The molecule has 0 bridgehead atoms. The van der Waals surface area contributed by atoms with E-state index < -0.39 is 35.2 Å². The maximum absolute atomic E-state index is 13.6. The van der Waals surface area contributed by atoms with Crippen molar-refractivity contribution in [3.8, 4) is 0 Å². The average molecular weight is 449 g/mol. The van der Waals surface area contributed by atoms with Crippen LogP contribution >= 0.6 is 12.2 Å². The van der Waals surface area contributed by atoms with Gasteiger partial charge in [-0.05, 0) is 44.0 Å². The first-order valence-electron chi connectivity index (χ1n) is 10.1. The molecule has 3 rings (SSSR count). The number of esters is 1. The van der Waals surface area contributed by atoms with Crippen LogP contribution in [-0.2, 0) is 34.8 Å². The van der Waals surface area contributed by atoms with Crippen molar-refractivity contribution in [2.75, 3.05) is 13.2 Å². The molecule has 31 heavy (non-hydrogen) atoms. The molecule has 0 aromatic heterocycles. The number of cyclic esters (lactones) is 1. The first-order valence-corrected chi connectivity index (χ1v) is 10.5. The summed E-state index contributed by atoms with van der Waals surface area (Å²) in [6.45, 7) is 11.4. The Bertz CT molecular complexity index is 921. The van der Waals surface area contributed by atoms with Crippen LogP contribution in [0.3, 0.4) is 0 Å². The third-order valence-electron chi connectivity index (χ3n) is 5.48. The Balaban J connectivity index is 2.13. The van der Waals surface area contributed by atoms with Crippen molar-refractivity contribution >= 4 is 35.4 Å². The third kappa shape index (κ3) is 3.86. The molecular weight excluding hydrogens is 420 g/mol. The Morgan fingerprint density at radius 3 is 2.35 bits per heavy atom. The van der Waals surface area contributed by atoms with Gasteiger partial charge in [0.1, 0.15) is 6.61 Å². The van der Waals surface area contributed by atoms with Gasteiger partial charge in [-0.2, -0.15) is 0 Å². The maximum atomic E-state index is 13.6. The number of thiocarbonyl (C=S) groups is 1. The first kappa shape index (κ1) is 23.0. The Morgan fingerprint density at radius 2 is 1.87 bits per heavy atom. The molecule has 2 aliphatic heterocycles. The maximum Gasteiger partial charge on any atom is 0.417 e. The molecule has 0 aliphatic carbocycles. The van der Waals surface area contributed by atoms with Gasteiger partial charge in [0.05, 0.1) is 12.1 Å². The normalized spacial score (nSPS) is 25.0. The van der Waals surface area contributed by atoms with Gasteiger partial charge in [-0.15, -0.1) is 0 Å². The summed E-state index contributed by atoms with van der Waals surface area (Å²) in [6.07, 6.45) is -0.782. The van der Waals surface area contributed by atoms with Gasteiger partial charge in [0.25, 0.3) is 16.7 Å². The minimum Gasteiger partial charge on any atom is -0.463 e. The first-order chi connectivity index (χ1) is 14.3. The third-order valence-corrected chi connectivity index (χ3v) is 5.69. The van der Waals surface area contributed by atoms with Crippen LogP contribution in [0.25, 0.3) is 0 Å². The molecule has 2 amide bonds. The van der Waals surface area contributed by atoms with Crippen molar-refractivity contribution in [3.63, 3.8) is 0 Å². The lowest BCUT2D eigenvalue weighted by Gasteiger charge is -2.34. The number of amides is 2. The van der Waals surface area contributed by atoms with Crippen molar-refractivity contribution in [1.29, 1.82) is 0 Å². The van der Waals surface area contributed by atoms with E-state index in [0.717, 1.165) is 10.5 Å². The Kier molecular flexibility index (Phi) is 5.77. The van der Waals surface area contributed by atoms with Crippen LogP contribution in [0.15, 0.2) is 24.3 Å². The summed E-state index contributed by atoms with van der Waals surface area (Å²) in [5.41, 5.74) is -1.44. The van der Waals surface area contributed by atoms with Gasteiger partial charge in [0.2, 0.25) is 0 Å². The van der Waals surface area contributed by atoms with E-state index in [4.69, 9.17) is 26.4 Å². The number of hydrogen-bond donors (Lipinski definition) is 1. The molecular formula is C22H28N2O6S. The van der Waals surface area contributed by atoms with Crippen molar-refractivity contribution in [1.82, 2.24) is 10.2 Å². The van der Waals surface area contributed by atoms with Crippen LogP contribution in [0.5, 0.6) is 0 Å². The predicted octanol–water partition coefficient (Wildman–Crippen LogP) is 2.77. The highest BCUT2D eigenvalue weighted by atomic mass is 32.1. The quantitative estimate of drug-likeness (QED) is 0.555. The smallest absolute Gasteiger partial charge is 0.417 e. The van der Waals surface area contributed by atoms with E-state index in [2.05, 4.69) is 26.1 Å². The van der Waals surface area contributed by atoms with Crippen molar-refractivity contribution < 1.29 is 28.6 Å². The largest absolute Gasteiger partial charge is 0.463 e. The van der Waals surface area contributed by atoms with E-state index in [1.54, 1.807) is 32.9 Å². The zero-order valence-corrected chi connectivity index (χ0v) is 19.4. The van der Waals surface area contributed by atoms with Crippen LogP contribution in [0.4, 0.5) is 4.79 Å². The number of ether oxygens (including phenoxy) is 3. The monoisotopic (exact) mass is 448 g/mol. The van der Waals surface area contributed by atoms with E-state index in [-0.39, 0.29) is 23.8 Å². The molecule has 9 heteroatoms. The van der Waals surface area contributed by atoms with Crippen LogP contribution in [0.2, 0.25) is 0 Å². The number of imide groups is 1.